The molecule has 5 heteroatoms. The van der Waals surface area contributed by atoms with Crippen molar-refractivity contribution >= 4 is 22.9 Å². The Kier molecular flexibility index (Phi) is 2.10. The molecule has 0 amide bonds. The van der Waals surface area contributed by atoms with Gasteiger partial charge in [0.05, 0.1) is 0 Å². The van der Waals surface area contributed by atoms with E-state index >= 15 is 0 Å². The van der Waals surface area contributed by atoms with Gasteiger partial charge in [-0.3, -0.25) is 0 Å². The summed E-state index contributed by atoms with van der Waals surface area (Å²) >= 11 is 7.10. The Bertz CT molecular complexity index is 357. The predicted molar refractivity (Wildman–Crippen MR) is 47.2 cm³/mol. The molecule has 0 fully saturated rings. The van der Waals surface area contributed by atoms with Crippen LogP contribution in [0.2, 0.25) is 0 Å². The quantitative estimate of drug-likeness (QED) is 0.700. The van der Waals surface area contributed by atoms with Crippen LogP contribution in [0, 0.1) is 0 Å². The van der Waals surface area contributed by atoms with Gasteiger partial charge in [0.2, 0.25) is 11.7 Å². The van der Waals surface area contributed by atoms with E-state index in [0.29, 0.717) is 11.7 Å². The van der Waals surface area contributed by atoms with Crippen molar-refractivity contribution in [3.63, 3.8) is 0 Å². The van der Waals surface area contributed by atoms with Crippen molar-refractivity contribution < 1.29 is 4.52 Å². The first kappa shape index (κ1) is 7.76. The van der Waals surface area contributed by atoms with E-state index in [9.17, 15) is 0 Å². The predicted octanol–water partition coefficient (Wildman–Crippen LogP) is 2.54. The number of thiophene rings is 1. The Balaban J connectivity index is 2.35. The number of nitrogens with zero attached hydrogens (tertiary/aromatic N) is 2. The summed E-state index contributed by atoms with van der Waals surface area (Å²) in [6.07, 6.45) is 0. The second-order valence-corrected chi connectivity index (χ2v) is 3.20. The zero-order chi connectivity index (χ0) is 8.39. The molecule has 0 aliphatic heterocycles. The number of alkyl halides is 1. The molecule has 0 aliphatic rings. The molecule has 0 atom stereocenters. The van der Waals surface area contributed by atoms with Gasteiger partial charge in [-0.2, -0.15) is 16.3 Å². The molecule has 12 heavy (non-hydrogen) atoms. The maximum absolute atomic E-state index is 5.51. The summed E-state index contributed by atoms with van der Waals surface area (Å²) < 4.78 is 4.85. The Labute approximate surface area is 78.0 Å². The van der Waals surface area contributed by atoms with E-state index in [1.807, 2.05) is 16.8 Å². The van der Waals surface area contributed by atoms with Crippen LogP contribution in [0.4, 0.5) is 0 Å². The SMILES string of the molecule is ClCc1nc(-c2ccsc2)no1. The van der Waals surface area contributed by atoms with Gasteiger partial charge in [0.1, 0.15) is 5.88 Å². The van der Waals surface area contributed by atoms with Gasteiger partial charge in [-0.15, -0.1) is 11.6 Å². The first-order valence-electron chi connectivity index (χ1n) is 3.31. The Morgan fingerprint density at radius 3 is 3.08 bits per heavy atom. The van der Waals surface area contributed by atoms with Crippen LogP contribution in [-0.2, 0) is 5.88 Å². The highest BCUT2D eigenvalue weighted by Crippen LogP contribution is 2.18. The molecule has 0 radical (unpaired) electrons. The number of halogens is 1. The Hall–Kier alpha value is -0.870. The third-order valence-corrected chi connectivity index (χ3v) is 2.27. The molecule has 0 spiro atoms. The van der Waals surface area contributed by atoms with E-state index < -0.39 is 0 Å². The number of aromatic nitrogens is 2. The van der Waals surface area contributed by atoms with Crippen molar-refractivity contribution in [1.82, 2.24) is 10.1 Å². The van der Waals surface area contributed by atoms with E-state index in [0.717, 1.165) is 5.56 Å². The van der Waals surface area contributed by atoms with E-state index in [-0.39, 0.29) is 5.88 Å². The van der Waals surface area contributed by atoms with E-state index in [2.05, 4.69) is 10.1 Å². The molecular weight excluding hydrogens is 196 g/mol. The molecule has 2 aromatic rings. The largest absolute Gasteiger partial charge is 0.338 e. The van der Waals surface area contributed by atoms with Crippen LogP contribution in [0.5, 0.6) is 0 Å². The van der Waals surface area contributed by atoms with Gasteiger partial charge >= 0.3 is 0 Å². The second kappa shape index (κ2) is 3.25. The number of hydrogen-bond acceptors (Lipinski definition) is 4. The lowest BCUT2D eigenvalue weighted by Crippen LogP contribution is -1.77. The van der Waals surface area contributed by atoms with Gasteiger partial charge in [0.25, 0.3) is 0 Å². The minimum Gasteiger partial charge on any atom is -0.338 e. The second-order valence-electron chi connectivity index (χ2n) is 2.16. The minimum absolute atomic E-state index is 0.261. The molecular formula is C7H5ClN2OS. The Morgan fingerprint density at radius 2 is 2.50 bits per heavy atom. The van der Waals surface area contributed by atoms with Gasteiger partial charge in [0, 0.05) is 10.9 Å². The number of hydrogen-bond donors (Lipinski definition) is 0. The monoisotopic (exact) mass is 200 g/mol. The van der Waals surface area contributed by atoms with Crippen molar-refractivity contribution in [3.8, 4) is 11.4 Å². The summed E-state index contributed by atoms with van der Waals surface area (Å²) in [7, 11) is 0. The van der Waals surface area contributed by atoms with Crippen molar-refractivity contribution in [2.24, 2.45) is 0 Å². The highest BCUT2D eigenvalue weighted by molar-refractivity contribution is 7.08. The van der Waals surface area contributed by atoms with Gasteiger partial charge in [-0.25, -0.2) is 0 Å². The van der Waals surface area contributed by atoms with Gasteiger partial charge in [-0.1, -0.05) is 5.16 Å². The fourth-order valence-electron chi connectivity index (χ4n) is 0.818. The summed E-state index contributed by atoms with van der Waals surface area (Å²) in [5.41, 5.74) is 0.972. The van der Waals surface area contributed by atoms with Crippen molar-refractivity contribution in [3.05, 3.63) is 22.7 Å². The van der Waals surface area contributed by atoms with Crippen molar-refractivity contribution in [1.29, 1.82) is 0 Å². The molecule has 0 N–H and O–H groups in total. The average molecular weight is 201 g/mol. The molecule has 0 saturated carbocycles. The zero-order valence-corrected chi connectivity index (χ0v) is 7.60. The third-order valence-electron chi connectivity index (χ3n) is 1.36. The summed E-state index contributed by atoms with van der Waals surface area (Å²) in [6.45, 7) is 0. The Morgan fingerprint density at radius 1 is 1.58 bits per heavy atom. The van der Waals surface area contributed by atoms with E-state index in [1.165, 1.54) is 0 Å². The van der Waals surface area contributed by atoms with Crippen molar-refractivity contribution in [2.75, 3.05) is 0 Å². The number of rotatable bonds is 2. The minimum atomic E-state index is 0.261. The van der Waals surface area contributed by atoms with Crippen LogP contribution < -0.4 is 0 Å². The van der Waals surface area contributed by atoms with Gasteiger partial charge in [-0.05, 0) is 11.4 Å². The molecule has 3 nitrogen and oxygen atoms in total. The zero-order valence-electron chi connectivity index (χ0n) is 6.03. The van der Waals surface area contributed by atoms with E-state index in [1.54, 1.807) is 11.3 Å². The highest BCUT2D eigenvalue weighted by atomic mass is 35.5. The average Bonchev–Trinajstić information content (AvgIpc) is 2.75. The van der Waals surface area contributed by atoms with Gasteiger partial charge in [0.15, 0.2) is 0 Å². The van der Waals surface area contributed by atoms with Crippen LogP contribution in [0.15, 0.2) is 21.3 Å². The molecule has 0 saturated heterocycles. The normalized spacial score (nSPS) is 10.4. The van der Waals surface area contributed by atoms with Crippen LogP contribution in [0.3, 0.4) is 0 Å². The molecule has 0 aliphatic carbocycles. The first-order chi connectivity index (χ1) is 5.90. The lowest BCUT2D eigenvalue weighted by atomic mass is 10.3. The summed E-state index contributed by atoms with van der Waals surface area (Å²) in [6, 6.07) is 1.94. The fraction of sp³-hybridized carbons (Fsp3) is 0.143. The summed E-state index contributed by atoms with van der Waals surface area (Å²) in [5.74, 6) is 1.32. The van der Waals surface area contributed by atoms with Gasteiger partial charge < -0.3 is 4.52 Å². The van der Waals surface area contributed by atoms with Crippen LogP contribution in [-0.4, -0.2) is 10.1 Å². The fourth-order valence-corrected chi connectivity index (χ4v) is 1.56. The summed E-state index contributed by atoms with van der Waals surface area (Å²) in [4.78, 5) is 4.07. The van der Waals surface area contributed by atoms with E-state index in [4.69, 9.17) is 16.1 Å². The van der Waals surface area contributed by atoms with Crippen LogP contribution in [0.25, 0.3) is 11.4 Å². The molecule has 0 bridgehead atoms. The molecule has 2 aromatic heterocycles. The van der Waals surface area contributed by atoms with Crippen molar-refractivity contribution in [2.45, 2.75) is 5.88 Å². The molecule has 0 unspecified atom stereocenters. The molecule has 2 heterocycles. The van der Waals surface area contributed by atoms with Crippen LogP contribution in [0.1, 0.15) is 5.89 Å². The molecule has 0 aromatic carbocycles. The lowest BCUT2D eigenvalue weighted by Gasteiger charge is -1.81. The maximum Gasteiger partial charge on any atom is 0.241 e. The first-order valence-corrected chi connectivity index (χ1v) is 4.79. The lowest BCUT2D eigenvalue weighted by molar-refractivity contribution is 0.391. The standard InChI is InChI=1S/C7H5ClN2OS/c8-3-6-9-7(10-11-6)5-1-2-12-4-5/h1-2,4H,3H2. The molecule has 2 rings (SSSR count). The van der Waals surface area contributed by atoms with Crippen LogP contribution >= 0.6 is 22.9 Å². The smallest absolute Gasteiger partial charge is 0.241 e. The maximum atomic E-state index is 5.51. The highest BCUT2D eigenvalue weighted by Gasteiger charge is 2.06. The molecule has 62 valence electrons. The topological polar surface area (TPSA) is 38.9 Å². The summed E-state index contributed by atoms with van der Waals surface area (Å²) in [5, 5.41) is 7.69. The third kappa shape index (κ3) is 1.35.